The lowest BCUT2D eigenvalue weighted by atomic mass is 10.00. The van der Waals surface area contributed by atoms with E-state index in [1.807, 2.05) is 12.2 Å². The normalized spacial score (nSPS) is 19.5. The Kier molecular flexibility index (Phi) is 8.61. The highest BCUT2D eigenvalue weighted by Gasteiger charge is 2.39. The van der Waals surface area contributed by atoms with Gasteiger partial charge in [-0.25, -0.2) is 17.8 Å². The second-order valence-electron chi connectivity index (χ2n) is 11.2. The number of nitrogens with zero attached hydrogens (tertiary/aromatic N) is 2. The van der Waals surface area contributed by atoms with Crippen LogP contribution in [0.25, 0.3) is 17.0 Å². The molecule has 2 aliphatic rings. The van der Waals surface area contributed by atoms with Crippen LogP contribution in [-0.2, 0) is 19.4 Å². The number of aromatic nitrogens is 1. The quantitative estimate of drug-likeness (QED) is 0.339. The van der Waals surface area contributed by atoms with E-state index in [1.54, 1.807) is 25.1 Å². The van der Waals surface area contributed by atoms with Gasteiger partial charge in [-0.1, -0.05) is 24.3 Å². The number of hydrogen-bond acceptors (Lipinski definition) is 7. The van der Waals surface area contributed by atoms with E-state index in [2.05, 4.69) is 15.6 Å². The molecular weight excluding hydrogens is 575 g/mol. The summed E-state index contributed by atoms with van der Waals surface area (Å²) in [5.41, 5.74) is 1.86. The lowest BCUT2D eigenvalue weighted by molar-refractivity contribution is -0.138. The number of pyridine rings is 1. The number of aliphatic hydroxyl groups excluding tert-OH is 1. The van der Waals surface area contributed by atoms with Crippen molar-refractivity contribution >= 4 is 44.5 Å². The Morgan fingerprint density at radius 3 is 2.63 bits per heavy atom. The molecule has 10 nitrogen and oxygen atoms in total. The highest BCUT2D eigenvalue weighted by Crippen LogP contribution is 2.32. The van der Waals surface area contributed by atoms with Crippen LogP contribution < -0.4 is 10.6 Å². The Hall–Kier alpha value is -4.16. The Morgan fingerprint density at radius 2 is 1.91 bits per heavy atom. The smallest absolute Gasteiger partial charge is 0.270 e. The molecule has 12 heteroatoms. The number of rotatable bonds is 9. The number of halogens is 1. The number of likely N-dealkylation sites (tertiary alicyclic amines) is 1. The van der Waals surface area contributed by atoms with Gasteiger partial charge in [-0.3, -0.25) is 14.4 Å². The largest absolute Gasteiger partial charge is 0.391 e. The monoisotopic (exact) mass is 608 g/mol. The molecule has 3 amide bonds. The van der Waals surface area contributed by atoms with Crippen molar-refractivity contribution in [2.75, 3.05) is 19.3 Å². The van der Waals surface area contributed by atoms with E-state index in [0.717, 1.165) is 19.1 Å². The maximum Gasteiger partial charge on any atom is 0.270 e. The molecule has 3 aromatic rings. The van der Waals surface area contributed by atoms with Crippen LogP contribution in [0.4, 0.5) is 4.39 Å². The summed E-state index contributed by atoms with van der Waals surface area (Å²) in [6.45, 7) is 1.28. The predicted octanol–water partition coefficient (Wildman–Crippen LogP) is 2.77. The number of benzene rings is 2. The number of aliphatic hydroxyl groups is 1. The van der Waals surface area contributed by atoms with Gasteiger partial charge in [-0.05, 0) is 73.2 Å². The minimum Gasteiger partial charge on any atom is -0.391 e. The molecule has 3 N–H and O–H groups in total. The third-order valence-corrected chi connectivity index (χ3v) is 8.78. The fourth-order valence-corrected chi connectivity index (χ4v) is 5.80. The molecular formula is C31H33FN4O6S. The first-order chi connectivity index (χ1) is 20.4. The summed E-state index contributed by atoms with van der Waals surface area (Å²) in [4.78, 5) is 44.8. The first kappa shape index (κ1) is 30.3. The summed E-state index contributed by atoms with van der Waals surface area (Å²) >= 11 is 0. The van der Waals surface area contributed by atoms with Gasteiger partial charge in [0.05, 0.1) is 29.1 Å². The summed E-state index contributed by atoms with van der Waals surface area (Å²) in [5, 5.41) is 16.3. The van der Waals surface area contributed by atoms with Crippen molar-refractivity contribution in [2.45, 2.75) is 49.3 Å². The average Bonchev–Trinajstić information content (AvgIpc) is 3.72. The van der Waals surface area contributed by atoms with Crippen LogP contribution in [0.2, 0.25) is 0 Å². The van der Waals surface area contributed by atoms with Crippen molar-refractivity contribution in [3.05, 3.63) is 77.2 Å². The fourth-order valence-electron chi connectivity index (χ4n) is 5.15. The molecule has 0 bridgehead atoms. The summed E-state index contributed by atoms with van der Waals surface area (Å²) in [6.07, 6.45) is 6.33. The van der Waals surface area contributed by atoms with Crippen LogP contribution in [0, 0.1) is 11.7 Å². The standard InChI is InChI=1S/C31H33FN4O6S/c1-18(25-10-9-24(43(2,41)42)14-20(25)6-5-19-3-4-19)34-31(40)28-15-23(37)17-36(28)29(38)16-33-30(39)27-11-7-21-13-22(32)8-12-26(21)35-27/h5-14,18-19,23,28,37H,3-4,15-17H2,1-2H3,(H,33,39)(H,34,40)/b6-5+/t18-,23+,28-/m0/s1. The molecule has 1 saturated heterocycles. The second-order valence-corrected chi connectivity index (χ2v) is 13.2. The van der Waals surface area contributed by atoms with Crippen molar-refractivity contribution in [1.82, 2.24) is 20.5 Å². The van der Waals surface area contributed by atoms with E-state index in [0.29, 0.717) is 27.9 Å². The number of nitrogens with one attached hydrogen (secondary N) is 2. The van der Waals surface area contributed by atoms with Crippen molar-refractivity contribution < 1.29 is 32.3 Å². The van der Waals surface area contributed by atoms with E-state index in [4.69, 9.17) is 0 Å². The Balaban J connectivity index is 1.25. The molecule has 0 unspecified atom stereocenters. The summed E-state index contributed by atoms with van der Waals surface area (Å²) < 4.78 is 37.7. The molecule has 1 aliphatic carbocycles. The minimum absolute atomic E-state index is 0.0302. The van der Waals surface area contributed by atoms with Gasteiger partial charge in [0.1, 0.15) is 17.6 Å². The summed E-state index contributed by atoms with van der Waals surface area (Å²) in [5.74, 6) is -1.60. The van der Waals surface area contributed by atoms with E-state index in [1.165, 1.54) is 35.2 Å². The predicted molar refractivity (Wildman–Crippen MR) is 158 cm³/mol. The number of sulfone groups is 1. The molecule has 43 heavy (non-hydrogen) atoms. The minimum atomic E-state index is -3.43. The van der Waals surface area contributed by atoms with Crippen LogP contribution in [-0.4, -0.2) is 72.6 Å². The van der Waals surface area contributed by atoms with Gasteiger partial charge < -0.3 is 20.6 Å². The van der Waals surface area contributed by atoms with Gasteiger partial charge in [0, 0.05) is 24.6 Å². The number of allylic oxidation sites excluding steroid dienone is 1. The van der Waals surface area contributed by atoms with Gasteiger partial charge in [0.2, 0.25) is 11.8 Å². The molecule has 2 heterocycles. The number of hydrogen-bond donors (Lipinski definition) is 3. The van der Waals surface area contributed by atoms with Crippen molar-refractivity contribution in [1.29, 1.82) is 0 Å². The summed E-state index contributed by atoms with van der Waals surface area (Å²) in [6, 6.07) is 10.3. The van der Waals surface area contributed by atoms with Crippen LogP contribution in [0.15, 0.2) is 59.5 Å². The number of β-amino-alcohol motifs (C(OH)–C–C–N with tert-alkyl or cyclic N) is 1. The molecule has 0 spiro atoms. The molecule has 2 aromatic carbocycles. The van der Waals surface area contributed by atoms with Crippen LogP contribution in [0.3, 0.4) is 0 Å². The molecule has 1 aromatic heterocycles. The first-order valence-corrected chi connectivity index (χ1v) is 15.9. The van der Waals surface area contributed by atoms with Crippen LogP contribution in [0.1, 0.15) is 53.8 Å². The average molecular weight is 609 g/mol. The Bertz CT molecular complexity index is 1720. The van der Waals surface area contributed by atoms with Crippen LogP contribution in [0.5, 0.6) is 0 Å². The van der Waals surface area contributed by atoms with E-state index >= 15 is 0 Å². The Labute approximate surface area is 248 Å². The Morgan fingerprint density at radius 1 is 1.14 bits per heavy atom. The third-order valence-electron chi connectivity index (χ3n) is 7.67. The molecule has 1 saturated carbocycles. The topological polar surface area (TPSA) is 146 Å². The first-order valence-electron chi connectivity index (χ1n) is 14.0. The van der Waals surface area contributed by atoms with E-state index in [-0.39, 0.29) is 23.6 Å². The number of fused-ring (bicyclic) bond motifs is 1. The fraction of sp³-hybridized carbons (Fsp3) is 0.355. The van der Waals surface area contributed by atoms with Crippen molar-refractivity contribution in [3.8, 4) is 0 Å². The van der Waals surface area contributed by atoms with Crippen molar-refractivity contribution in [3.63, 3.8) is 0 Å². The zero-order valence-corrected chi connectivity index (χ0v) is 24.6. The van der Waals surface area contributed by atoms with E-state index in [9.17, 15) is 32.3 Å². The van der Waals surface area contributed by atoms with Gasteiger partial charge in [-0.2, -0.15) is 0 Å². The summed E-state index contributed by atoms with van der Waals surface area (Å²) in [7, 11) is -3.43. The zero-order valence-electron chi connectivity index (χ0n) is 23.8. The zero-order chi connectivity index (χ0) is 30.9. The molecule has 226 valence electrons. The highest BCUT2D eigenvalue weighted by atomic mass is 32.2. The molecule has 2 fully saturated rings. The molecule has 5 rings (SSSR count). The van der Waals surface area contributed by atoms with Gasteiger partial charge >= 0.3 is 0 Å². The van der Waals surface area contributed by atoms with Gasteiger partial charge in [0.15, 0.2) is 9.84 Å². The third kappa shape index (κ3) is 7.26. The maximum atomic E-state index is 13.4. The van der Waals surface area contributed by atoms with E-state index < -0.39 is 58.1 Å². The second kappa shape index (κ2) is 12.2. The molecule has 1 aliphatic heterocycles. The van der Waals surface area contributed by atoms with Gasteiger partial charge in [-0.15, -0.1) is 0 Å². The highest BCUT2D eigenvalue weighted by molar-refractivity contribution is 7.90. The molecule has 3 atom stereocenters. The van der Waals surface area contributed by atoms with Crippen molar-refractivity contribution in [2.24, 2.45) is 5.92 Å². The lowest BCUT2D eigenvalue weighted by Crippen LogP contribution is -2.49. The number of amides is 3. The maximum absolute atomic E-state index is 13.4. The van der Waals surface area contributed by atoms with Crippen LogP contribution >= 0.6 is 0 Å². The van der Waals surface area contributed by atoms with Gasteiger partial charge in [0.25, 0.3) is 5.91 Å². The lowest BCUT2D eigenvalue weighted by Gasteiger charge is -2.26. The molecule has 0 radical (unpaired) electrons. The number of carbonyl (C=O) groups is 3. The SMILES string of the molecule is C[C@H](NC(=O)[C@@H]1C[C@@H](O)CN1C(=O)CNC(=O)c1ccc2cc(F)ccc2n1)c1ccc(S(C)(=O)=O)cc1/C=C/C1CC1. The number of carbonyl (C=O) groups excluding carboxylic acids is 3.